The van der Waals surface area contributed by atoms with Crippen LogP contribution in [0.15, 0.2) is 53.5 Å². The predicted molar refractivity (Wildman–Crippen MR) is 79.0 cm³/mol. The molecule has 3 aromatic rings. The third kappa shape index (κ3) is 2.07. The topological polar surface area (TPSA) is 65.4 Å². The highest BCUT2D eigenvalue weighted by molar-refractivity contribution is 6.03. The number of hydrogen-bond donors (Lipinski definition) is 2. The summed E-state index contributed by atoms with van der Waals surface area (Å²) in [5, 5.41) is 10.8. The van der Waals surface area contributed by atoms with E-state index in [2.05, 4.69) is 9.98 Å². The van der Waals surface area contributed by atoms with Gasteiger partial charge in [0.1, 0.15) is 0 Å². The Balaban J connectivity index is 2.07. The van der Waals surface area contributed by atoms with E-state index in [1.807, 2.05) is 30.3 Å². The largest absolute Gasteiger partial charge is 0.494 e. The van der Waals surface area contributed by atoms with Crippen molar-refractivity contribution >= 4 is 29.1 Å². The summed E-state index contributed by atoms with van der Waals surface area (Å²) in [6.45, 7) is 0. The number of carbonyl (C=O) groups is 1. The zero-order chi connectivity index (χ0) is 13.9. The van der Waals surface area contributed by atoms with Crippen LogP contribution in [0.25, 0.3) is 10.9 Å². The lowest BCUT2D eigenvalue weighted by Gasteiger charge is -1.97. The van der Waals surface area contributed by atoms with E-state index in [1.165, 1.54) is 0 Å². The molecule has 0 aliphatic heterocycles. The van der Waals surface area contributed by atoms with Crippen molar-refractivity contribution in [1.29, 1.82) is 0 Å². The zero-order valence-electron chi connectivity index (χ0n) is 10.6. The van der Waals surface area contributed by atoms with Gasteiger partial charge in [-0.2, -0.15) is 0 Å². The number of aromatic amines is 1. The van der Waals surface area contributed by atoms with Crippen LogP contribution < -0.4 is 0 Å². The average Bonchev–Trinajstić information content (AvgIpc) is 2.81. The van der Waals surface area contributed by atoms with Gasteiger partial charge in [0.25, 0.3) is 0 Å². The fourth-order valence-corrected chi connectivity index (χ4v) is 2.12. The second-order valence-corrected chi connectivity index (χ2v) is 4.37. The van der Waals surface area contributed by atoms with E-state index in [4.69, 9.17) is 0 Å². The number of nitrogens with zero attached hydrogens (tertiary/aromatic N) is 1. The number of H-pyrrole nitrogens is 1. The molecule has 0 aliphatic rings. The summed E-state index contributed by atoms with van der Waals surface area (Å²) >= 11 is 0. The van der Waals surface area contributed by atoms with E-state index in [9.17, 15) is 9.90 Å². The van der Waals surface area contributed by atoms with Gasteiger partial charge < -0.3 is 10.1 Å². The van der Waals surface area contributed by atoms with Crippen LogP contribution in [0.1, 0.15) is 15.9 Å². The third-order valence-electron chi connectivity index (χ3n) is 3.12. The van der Waals surface area contributed by atoms with Gasteiger partial charge in [0.2, 0.25) is 0 Å². The normalized spacial score (nSPS) is 11.2. The Bertz CT molecular complexity index is 803. The van der Waals surface area contributed by atoms with Crippen LogP contribution in [-0.4, -0.2) is 22.6 Å². The van der Waals surface area contributed by atoms with Gasteiger partial charge in [-0.15, -0.1) is 0 Å². The summed E-state index contributed by atoms with van der Waals surface area (Å²) in [6.07, 6.45) is 2.33. The molecule has 3 rings (SSSR count). The van der Waals surface area contributed by atoms with Gasteiger partial charge in [0.15, 0.2) is 12.2 Å². The number of carbonyl (C=O) groups excluding carboxylic acids is 1. The van der Waals surface area contributed by atoms with Crippen molar-refractivity contribution in [3.63, 3.8) is 0 Å². The molecular formula is C16H12N2O2. The number of aromatic nitrogens is 1. The molecule has 20 heavy (non-hydrogen) atoms. The smallest absolute Gasteiger partial charge is 0.198 e. The van der Waals surface area contributed by atoms with Crippen molar-refractivity contribution in [2.45, 2.75) is 0 Å². The number of hydrogen-bond acceptors (Lipinski definition) is 3. The molecule has 4 nitrogen and oxygen atoms in total. The number of nitrogens with one attached hydrogen (secondary N) is 1. The van der Waals surface area contributed by atoms with E-state index < -0.39 is 0 Å². The first-order chi connectivity index (χ1) is 9.79. The van der Waals surface area contributed by atoms with E-state index in [1.54, 1.807) is 24.4 Å². The molecule has 0 saturated heterocycles. The molecule has 0 saturated carbocycles. The number of benzene rings is 2. The lowest BCUT2D eigenvalue weighted by molar-refractivity contribution is 0.112. The first-order valence-corrected chi connectivity index (χ1v) is 6.17. The van der Waals surface area contributed by atoms with Gasteiger partial charge in [-0.1, -0.05) is 30.3 Å². The first kappa shape index (κ1) is 12.2. The molecular weight excluding hydrogens is 252 g/mol. The molecule has 0 amide bonds. The Morgan fingerprint density at radius 2 is 1.80 bits per heavy atom. The van der Waals surface area contributed by atoms with Gasteiger partial charge in [-0.3, -0.25) is 9.79 Å². The second-order valence-electron chi connectivity index (χ2n) is 4.37. The molecule has 0 atom stereocenters. The Hall–Kier alpha value is -2.88. The van der Waals surface area contributed by atoms with E-state index in [0.717, 1.165) is 17.2 Å². The third-order valence-corrected chi connectivity index (χ3v) is 3.12. The van der Waals surface area contributed by atoms with Crippen molar-refractivity contribution in [1.82, 2.24) is 4.98 Å². The minimum Gasteiger partial charge on any atom is -0.494 e. The van der Waals surface area contributed by atoms with Crippen LogP contribution in [0.5, 0.6) is 5.88 Å². The Labute approximate surface area is 115 Å². The van der Waals surface area contributed by atoms with Crippen LogP contribution in [-0.2, 0) is 0 Å². The summed E-state index contributed by atoms with van der Waals surface area (Å²) in [5.74, 6) is 0.0681. The second kappa shape index (κ2) is 5.01. The summed E-state index contributed by atoms with van der Waals surface area (Å²) in [4.78, 5) is 18.1. The predicted octanol–water partition coefficient (Wildman–Crippen LogP) is 3.44. The monoisotopic (exact) mass is 264 g/mol. The minimum atomic E-state index is 0.0681. The number of aliphatic imine (C=N–C) groups is 1. The van der Waals surface area contributed by atoms with E-state index >= 15 is 0 Å². The maximum atomic E-state index is 10.9. The molecule has 2 N–H and O–H groups in total. The molecule has 0 fully saturated rings. The fraction of sp³-hybridized carbons (Fsp3) is 0. The minimum absolute atomic E-state index is 0.0681. The number of aldehydes is 1. The molecule has 0 bridgehead atoms. The molecule has 0 spiro atoms. The number of fused-ring (bicyclic) bond motifs is 1. The molecule has 98 valence electrons. The maximum absolute atomic E-state index is 10.9. The van der Waals surface area contributed by atoms with Crippen molar-refractivity contribution in [3.05, 3.63) is 59.7 Å². The van der Waals surface area contributed by atoms with E-state index in [-0.39, 0.29) is 5.88 Å². The first-order valence-electron chi connectivity index (χ1n) is 6.17. The van der Waals surface area contributed by atoms with Crippen LogP contribution in [0.3, 0.4) is 0 Å². The Kier molecular flexibility index (Phi) is 3.05. The lowest BCUT2D eigenvalue weighted by atomic mass is 10.2. The molecule has 0 unspecified atom stereocenters. The average molecular weight is 264 g/mol. The Morgan fingerprint density at radius 1 is 1.05 bits per heavy atom. The SMILES string of the molecule is O=Cc1ccccc1N=Cc1c(O)[nH]c2ccccc12. The summed E-state index contributed by atoms with van der Waals surface area (Å²) in [6, 6.07) is 14.6. The highest BCUT2D eigenvalue weighted by atomic mass is 16.3. The molecule has 2 aromatic carbocycles. The highest BCUT2D eigenvalue weighted by Gasteiger charge is 2.08. The summed E-state index contributed by atoms with van der Waals surface area (Å²) in [5.41, 5.74) is 2.55. The van der Waals surface area contributed by atoms with Crippen molar-refractivity contribution in [2.75, 3.05) is 0 Å². The standard InChI is InChI=1S/C16H12N2O2/c19-10-11-5-1-3-7-14(11)17-9-13-12-6-2-4-8-15(12)18-16(13)20/h1-10,18,20H. The van der Waals surface area contributed by atoms with Gasteiger partial charge in [-0.25, -0.2) is 0 Å². The molecule has 0 radical (unpaired) electrons. The molecule has 0 aliphatic carbocycles. The van der Waals surface area contributed by atoms with Crippen LogP contribution >= 0.6 is 0 Å². The Morgan fingerprint density at radius 3 is 2.65 bits per heavy atom. The number of rotatable bonds is 3. The number of para-hydroxylation sites is 2. The zero-order valence-corrected chi connectivity index (χ0v) is 10.6. The lowest BCUT2D eigenvalue weighted by Crippen LogP contribution is -1.83. The maximum Gasteiger partial charge on any atom is 0.198 e. The van der Waals surface area contributed by atoms with Gasteiger partial charge in [-0.05, 0) is 18.2 Å². The van der Waals surface area contributed by atoms with Crippen molar-refractivity contribution < 1.29 is 9.90 Å². The highest BCUT2D eigenvalue weighted by Crippen LogP contribution is 2.26. The van der Waals surface area contributed by atoms with Crippen molar-refractivity contribution in [2.24, 2.45) is 4.99 Å². The summed E-state index contributed by atoms with van der Waals surface area (Å²) < 4.78 is 0. The van der Waals surface area contributed by atoms with Gasteiger partial charge in [0, 0.05) is 22.7 Å². The fourth-order valence-electron chi connectivity index (χ4n) is 2.12. The van der Waals surface area contributed by atoms with Crippen LogP contribution in [0.4, 0.5) is 5.69 Å². The van der Waals surface area contributed by atoms with Gasteiger partial charge >= 0.3 is 0 Å². The summed E-state index contributed by atoms with van der Waals surface area (Å²) in [7, 11) is 0. The van der Waals surface area contributed by atoms with Crippen LogP contribution in [0, 0.1) is 0 Å². The quantitative estimate of drug-likeness (QED) is 0.562. The molecule has 1 aromatic heterocycles. The van der Waals surface area contributed by atoms with Crippen molar-refractivity contribution in [3.8, 4) is 5.88 Å². The van der Waals surface area contributed by atoms with Gasteiger partial charge in [0.05, 0.1) is 11.3 Å². The number of aromatic hydroxyl groups is 1. The molecule has 4 heteroatoms. The molecule has 1 heterocycles. The van der Waals surface area contributed by atoms with Crippen LogP contribution in [0.2, 0.25) is 0 Å². The van der Waals surface area contributed by atoms with E-state index in [0.29, 0.717) is 16.8 Å².